The van der Waals surface area contributed by atoms with Crippen molar-refractivity contribution < 1.29 is 4.79 Å². The predicted octanol–water partition coefficient (Wildman–Crippen LogP) is 3.27. The summed E-state index contributed by atoms with van der Waals surface area (Å²) in [6.07, 6.45) is 1.77. The highest BCUT2D eigenvalue weighted by atomic mass is 32.1. The minimum absolute atomic E-state index is 0.0698. The summed E-state index contributed by atoms with van der Waals surface area (Å²) in [5.41, 5.74) is 7.49. The molecule has 1 unspecified atom stereocenters. The van der Waals surface area contributed by atoms with E-state index in [0.717, 1.165) is 26.5 Å². The molecule has 1 amide bonds. The number of pyridine rings is 2. The molecule has 112 valence electrons. The SMILES string of the molecule is Cc1cc2sc(NC(C)c3ccccn3)cc2c(C(N)=O)n1. The molecule has 0 aliphatic heterocycles. The maximum Gasteiger partial charge on any atom is 0.267 e. The molecule has 0 aromatic carbocycles. The van der Waals surface area contributed by atoms with Gasteiger partial charge in [-0.3, -0.25) is 9.78 Å². The largest absolute Gasteiger partial charge is 0.369 e. The number of hydrogen-bond acceptors (Lipinski definition) is 5. The highest BCUT2D eigenvalue weighted by Gasteiger charge is 2.14. The van der Waals surface area contributed by atoms with Crippen LogP contribution in [-0.4, -0.2) is 15.9 Å². The van der Waals surface area contributed by atoms with Gasteiger partial charge in [-0.05, 0) is 38.1 Å². The zero-order chi connectivity index (χ0) is 15.7. The van der Waals surface area contributed by atoms with Crippen molar-refractivity contribution in [3.05, 3.63) is 53.6 Å². The Morgan fingerprint density at radius 2 is 2.18 bits per heavy atom. The number of hydrogen-bond donors (Lipinski definition) is 2. The zero-order valence-electron chi connectivity index (χ0n) is 12.3. The summed E-state index contributed by atoms with van der Waals surface area (Å²) >= 11 is 1.58. The number of thiophene rings is 1. The van der Waals surface area contributed by atoms with Crippen LogP contribution in [0.2, 0.25) is 0 Å². The van der Waals surface area contributed by atoms with Gasteiger partial charge in [0.05, 0.1) is 16.7 Å². The third kappa shape index (κ3) is 2.78. The normalized spacial score (nSPS) is 12.3. The molecule has 22 heavy (non-hydrogen) atoms. The lowest BCUT2D eigenvalue weighted by Gasteiger charge is -2.12. The molecule has 0 saturated carbocycles. The van der Waals surface area contributed by atoms with Crippen LogP contribution < -0.4 is 11.1 Å². The lowest BCUT2D eigenvalue weighted by molar-refractivity contribution is 0.0997. The molecule has 3 rings (SSSR count). The number of primary amides is 1. The fraction of sp³-hybridized carbons (Fsp3) is 0.188. The average molecular weight is 312 g/mol. The Balaban J connectivity index is 1.96. The maximum absolute atomic E-state index is 11.6. The van der Waals surface area contributed by atoms with Crippen molar-refractivity contribution in [2.45, 2.75) is 19.9 Å². The van der Waals surface area contributed by atoms with Crippen molar-refractivity contribution in [2.75, 3.05) is 5.32 Å². The predicted molar refractivity (Wildman–Crippen MR) is 89.1 cm³/mol. The van der Waals surface area contributed by atoms with Crippen molar-refractivity contribution in [3.8, 4) is 0 Å². The van der Waals surface area contributed by atoms with E-state index in [-0.39, 0.29) is 6.04 Å². The molecule has 0 bridgehead atoms. The number of carbonyl (C=O) groups excluding carboxylic acids is 1. The fourth-order valence-electron chi connectivity index (χ4n) is 2.33. The number of nitrogens with two attached hydrogens (primary N) is 1. The van der Waals surface area contributed by atoms with Gasteiger partial charge in [0.1, 0.15) is 5.69 Å². The Bertz CT molecular complexity index is 829. The van der Waals surface area contributed by atoms with E-state index in [0.29, 0.717) is 5.69 Å². The number of aryl methyl sites for hydroxylation is 1. The molecule has 3 aromatic heterocycles. The molecular formula is C16H16N4OS. The number of amides is 1. The summed E-state index contributed by atoms with van der Waals surface area (Å²) < 4.78 is 0.997. The van der Waals surface area contributed by atoms with Crippen LogP contribution in [0, 0.1) is 6.92 Å². The molecule has 0 fully saturated rings. The highest BCUT2D eigenvalue weighted by Crippen LogP contribution is 2.33. The van der Waals surface area contributed by atoms with Crippen LogP contribution in [0.4, 0.5) is 5.00 Å². The first kappa shape index (κ1) is 14.5. The lowest BCUT2D eigenvalue weighted by atomic mass is 10.2. The summed E-state index contributed by atoms with van der Waals surface area (Å²) in [5.74, 6) is -0.504. The standard InChI is InChI=1S/C16H16N4OS/c1-9-7-13-11(15(19-9)16(17)21)8-14(22-13)20-10(2)12-5-3-4-6-18-12/h3-8,10,20H,1-2H3,(H2,17,21). The van der Waals surface area contributed by atoms with Crippen molar-refractivity contribution >= 4 is 32.3 Å². The Morgan fingerprint density at radius 3 is 2.86 bits per heavy atom. The second-order valence-corrected chi connectivity index (χ2v) is 6.20. The van der Waals surface area contributed by atoms with Crippen LogP contribution in [0.5, 0.6) is 0 Å². The Hall–Kier alpha value is -2.47. The summed E-state index contributed by atoms with van der Waals surface area (Å²) in [6, 6.07) is 9.79. The first-order valence-electron chi connectivity index (χ1n) is 6.93. The van der Waals surface area contributed by atoms with Crippen LogP contribution in [0.15, 0.2) is 36.5 Å². The number of carbonyl (C=O) groups is 1. The molecule has 0 spiro atoms. The van der Waals surface area contributed by atoms with Crippen molar-refractivity contribution in [1.29, 1.82) is 0 Å². The van der Waals surface area contributed by atoms with Gasteiger partial charge in [0.2, 0.25) is 0 Å². The number of anilines is 1. The number of aromatic nitrogens is 2. The van der Waals surface area contributed by atoms with E-state index in [1.807, 2.05) is 44.2 Å². The minimum atomic E-state index is -0.504. The first-order valence-corrected chi connectivity index (χ1v) is 7.74. The van der Waals surface area contributed by atoms with Crippen LogP contribution in [-0.2, 0) is 0 Å². The van der Waals surface area contributed by atoms with Gasteiger partial charge >= 0.3 is 0 Å². The lowest BCUT2D eigenvalue weighted by Crippen LogP contribution is -2.13. The van der Waals surface area contributed by atoms with E-state index < -0.39 is 5.91 Å². The molecule has 3 aromatic rings. The molecular weight excluding hydrogens is 296 g/mol. The van der Waals surface area contributed by atoms with E-state index in [1.165, 1.54) is 0 Å². The van der Waals surface area contributed by atoms with Gasteiger partial charge in [-0.1, -0.05) is 6.07 Å². The number of nitrogens with zero attached hydrogens (tertiary/aromatic N) is 2. The molecule has 5 nitrogen and oxygen atoms in total. The molecule has 0 saturated heterocycles. The summed E-state index contributed by atoms with van der Waals surface area (Å²) in [7, 11) is 0. The minimum Gasteiger partial charge on any atom is -0.369 e. The van der Waals surface area contributed by atoms with Gasteiger partial charge in [-0.15, -0.1) is 11.3 Å². The van der Waals surface area contributed by atoms with Gasteiger partial charge in [-0.2, -0.15) is 0 Å². The molecule has 1 atom stereocenters. The van der Waals surface area contributed by atoms with Gasteiger partial charge < -0.3 is 11.1 Å². The van der Waals surface area contributed by atoms with Gasteiger partial charge in [0.25, 0.3) is 5.91 Å². The molecule has 6 heteroatoms. The molecule has 0 aliphatic carbocycles. The van der Waals surface area contributed by atoms with Gasteiger partial charge in [0.15, 0.2) is 0 Å². The Labute approximate surface area is 132 Å². The Kier molecular flexibility index (Phi) is 3.77. The molecule has 3 N–H and O–H groups in total. The Morgan fingerprint density at radius 1 is 1.36 bits per heavy atom. The summed E-state index contributed by atoms with van der Waals surface area (Å²) in [6.45, 7) is 3.90. The van der Waals surface area contributed by atoms with Gasteiger partial charge in [-0.25, -0.2) is 4.98 Å². The molecule has 3 heterocycles. The number of fused-ring (bicyclic) bond motifs is 1. The van der Waals surface area contributed by atoms with E-state index >= 15 is 0 Å². The zero-order valence-corrected chi connectivity index (χ0v) is 13.1. The third-order valence-electron chi connectivity index (χ3n) is 3.37. The average Bonchev–Trinajstić information content (AvgIpc) is 2.89. The number of rotatable bonds is 4. The summed E-state index contributed by atoms with van der Waals surface area (Å²) in [4.78, 5) is 20.1. The smallest absolute Gasteiger partial charge is 0.267 e. The summed E-state index contributed by atoms with van der Waals surface area (Å²) in [5, 5.41) is 5.16. The second-order valence-electron chi connectivity index (χ2n) is 5.12. The number of nitrogens with one attached hydrogen (secondary N) is 1. The van der Waals surface area contributed by atoms with E-state index in [1.54, 1.807) is 17.5 Å². The van der Waals surface area contributed by atoms with E-state index in [2.05, 4.69) is 15.3 Å². The van der Waals surface area contributed by atoms with Crippen LogP contribution in [0.25, 0.3) is 10.1 Å². The van der Waals surface area contributed by atoms with Crippen molar-refractivity contribution in [2.24, 2.45) is 5.73 Å². The van der Waals surface area contributed by atoms with Crippen LogP contribution >= 0.6 is 11.3 Å². The quantitative estimate of drug-likeness (QED) is 0.774. The topological polar surface area (TPSA) is 80.9 Å². The van der Waals surface area contributed by atoms with Crippen LogP contribution in [0.3, 0.4) is 0 Å². The van der Waals surface area contributed by atoms with Crippen molar-refractivity contribution in [3.63, 3.8) is 0 Å². The van der Waals surface area contributed by atoms with Crippen LogP contribution in [0.1, 0.15) is 34.8 Å². The fourth-order valence-corrected chi connectivity index (χ4v) is 3.48. The van der Waals surface area contributed by atoms with E-state index in [4.69, 9.17) is 5.73 Å². The van der Waals surface area contributed by atoms with Gasteiger partial charge in [0, 0.05) is 22.0 Å². The third-order valence-corrected chi connectivity index (χ3v) is 4.38. The maximum atomic E-state index is 11.6. The second kappa shape index (κ2) is 5.73. The molecule has 0 radical (unpaired) electrons. The van der Waals surface area contributed by atoms with E-state index in [9.17, 15) is 4.79 Å². The highest BCUT2D eigenvalue weighted by molar-refractivity contribution is 7.22. The monoisotopic (exact) mass is 312 g/mol. The first-order chi connectivity index (χ1) is 10.5. The van der Waals surface area contributed by atoms with Crippen molar-refractivity contribution in [1.82, 2.24) is 9.97 Å². The molecule has 0 aliphatic rings.